The number of isothiocyanates is 1. The lowest BCUT2D eigenvalue weighted by molar-refractivity contribution is 0.649. The summed E-state index contributed by atoms with van der Waals surface area (Å²) in [5.41, 5.74) is 0. The van der Waals surface area contributed by atoms with Crippen molar-refractivity contribution in [3.8, 4) is 0 Å². The normalized spacial score (nSPS) is 15.1. The van der Waals surface area contributed by atoms with Crippen molar-refractivity contribution in [2.45, 2.75) is 31.6 Å². The van der Waals surface area contributed by atoms with E-state index in [1.807, 2.05) is 0 Å². The molecule has 0 spiro atoms. The van der Waals surface area contributed by atoms with Crippen LogP contribution in [-0.4, -0.2) is 21.0 Å². The van der Waals surface area contributed by atoms with Gasteiger partial charge in [0.25, 0.3) is 0 Å². The van der Waals surface area contributed by atoms with Gasteiger partial charge in [0.15, 0.2) is 0 Å². The van der Waals surface area contributed by atoms with Gasteiger partial charge in [0.05, 0.1) is 5.16 Å². The van der Waals surface area contributed by atoms with E-state index < -0.39 is 10.8 Å². The van der Waals surface area contributed by atoms with Gasteiger partial charge in [0, 0.05) is 17.1 Å². The van der Waals surface area contributed by atoms with Gasteiger partial charge in [-0.1, -0.05) is 19.8 Å². The molecule has 0 N–H and O–H groups in total. The SMILES string of the molecule is CCCCC(N=C=S)S(C)=O. The maximum atomic E-state index is 11.0. The van der Waals surface area contributed by atoms with Crippen molar-refractivity contribution in [3.63, 3.8) is 0 Å². The molecule has 0 fully saturated rings. The van der Waals surface area contributed by atoms with Crippen LogP contribution in [0.25, 0.3) is 0 Å². The van der Waals surface area contributed by atoms with Crippen molar-refractivity contribution in [3.05, 3.63) is 0 Å². The van der Waals surface area contributed by atoms with Crippen molar-refractivity contribution in [1.82, 2.24) is 0 Å². The number of unbranched alkanes of at least 4 members (excludes halogenated alkanes) is 1. The molecule has 2 atom stereocenters. The maximum absolute atomic E-state index is 11.0. The van der Waals surface area contributed by atoms with E-state index in [4.69, 9.17) is 0 Å². The highest BCUT2D eigenvalue weighted by molar-refractivity contribution is 7.85. The first-order chi connectivity index (χ1) is 5.22. The van der Waals surface area contributed by atoms with Gasteiger partial charge in [-0.3, -0.25) is 4.21 Å². The summed E-state index contributed by atoms with van der Waals surface area (Å²) in [5.74, 6) is 0. The van der Waals surface area contributed by atoms with E-state index >= 15 is 0 Å². The molecule has 0 rings (SSSR count). The van der Waals surface area contributed by atoms with E-state index in [0.717, 1.165) is 19.3 Å². The van der Waals surface area contributed by atoms with E-state index in [0.29, 0.717) is 0 Å². The van der Waals surface area contributed by atoms with Gasteiger partial charge in [-0.2, -0.15) is 0 Å². The minimum atomic E-state index is -0.901. The predicted octanol–water partition coefficient (Wildman–Crippen LogP) is 1.98. The Morgan fingerprint density at radius 1 is 1.73 bits per heavy atom. The van der Waals surface area contributed by atoms with Crippen LogP contribution in [0.2, 0.25) is 0 Å². The first-order valence-corrected chi connectivity index (χ1v) is 5.64. The Balaban J connectivity index is 3.89. The molecule has 4 heteroatoms. The summed E-state index contributed by atoms with van der Waals surface area (Å²) in [6.45, 7) is 2.09. The highest BCUT2D eigenvalue weighted by Gasteiger charge is 2.08. The summed E-state index contributed by atoms with van der Waals surface area (Å²) in [5, 5.41) is 2.14. The molecule has 2 unspecified atom stereocenters. The molecule has 0 radical (unpaired) electrons. The minimum absolute atomic E-state index is 0.132. The molecular formula is C7H13NOS2. The topological polar surface area (TPSA) is 29.4 Å². The fourth-order valence-corrected chi connectivity index (χ4v) is 1.64. The van der Waals surface area contributed by atoms with Gasteiger partial charge < -0.3 is 0 Å². The summed E-state index contributed by atoms with van der Waals surface area (Å²) in [7, 11) is -0.901. The number of rotatable bonds is 5. The van der Waals surface area contributed by atoms with E-state index in [9.17, 15) is 4.21 Å². The van der Waals surface area contributed by atoms with Crippen molar-refractivity contribution < 1.29 is 4.21 Å². The van der Waals surface area contributed by atoms with E-state index in [1.54, 1.807) is 6.26 Å². The highest BCUT2D eigenvalue weighted by atomic mass is 32.2. The molecule has 0 amide bonds. The molecule has 0 heterocycles. The molecular weight excluding hydrogens is 178 g/mol. The molecule has 0 aliphatic carbocycles. The van der Waals surface area contributed by atoms with Crippen LogP contribution in [0.5, 0.6) is 0 Å². The molecule has 2 nitrogen and oxygen atoms in total. The Morgan fingerprint density at radius 2 is 2.36 bits per heavy atom. The second kappa shape index (κ2) is 6.65. The lowest BCUT2D eigenvalue weighted by Crippen LogP contribution is -2.10. The zero-order valence-electron chi connectivity index (χ0n) is 6.87. The van der Waals surface area contributed by atoms with Crippen LogP contribution >= 0.6 is 12.2 Å². The molecule has 0 saturated carbocycles. The first-order valence-electron chi connectivity index (χ1n) is 3.61. The molecule has 0 saturated heterocycles. The molecule has 0 aliphatic rings. The van der Waals surface area contributed by atoms with Crippen LogP contribution in [0, 0.1) is 0 Å². The standard InChI is InChI=1S/C7H13NOS2/c1-3-4-5-7(8-6-10)11(2)9/h7H,3-5H2,1-2H3. The molecule has 64 valence electrons. The Morgan fingerprint density at radius 3 is 2.73 bits per heavy atom. The zero-order valence-corrected chi connectivity index (χ0v) is 8.50. The van der Waals surface area contributed by atoms with Crippen molar-refractivity contribution in [2.75, 3.05) is 6.26 Å². The lowest BCUT2D eigenvalue weighted by atomic mass is 10.2. The van der Waals surface area contributed by atoms with Gasteiger partial charge in [-0.25, -0.2) is 4.99 Å². The smallest absolute Gasteiger partial charge is 0.135 e. The monoisotopic (exact) mass is 191 g/mol. The van der Waals surface area contributed by atoms with E-state index in [-0.39, 0.29) is 5.37 Å². The van der Waals surface area contributed by atoms with Crippen molar-refractivity contribution in [1.29, 1.82) is 0 Å². The third kappa shape index (κ3) is 5.24. The van der Waals surface area contributed by atoms with Crippen LogP contribution in [-0.2, 0) is 10.8 Å². The number of hydrogen-bond acceptors (Lipinski definition) is 3. The number of nitrogens with zero attached hydrogens (tertiary/aromatic N) is 1. The van der Waals surface area contributed by atoms with Crippen LogP contribution in [0.1, 0.15) is 26.2 Å². The van der Waals surface area contributed by atoms with Crippen molar-refractivity contribution >= 4 is 28.2 Å². The Kier molecular flexibility index (Phi) is 6.62. The van der Waals surface area contributed by atoms with Crippen LogP contribution < -0.4 is 0 Å². The van der Waals surface area contributed by atoms with Crippen molar-refractivity contribution in [2.24, 2.45) is 4.99 Å². The van der Waals surface area contributed by atoms with Gasteiger partial charge in [-0.05, 0) is 18.6 Å². The predicted molar refractivity (Wildman–Crippen MR) is 52.4 cm³/mol. The molecule has 0 bridgehead atoms. The average Bonchev–Trinajstić information content (AvgIpc) is 1.97. The zero-order chi connectivity index (χ0) is 8.69. The van der Waals surface area contributed by atoms with Gasteiger partial charge in [-0.15, -0.1) is 0 Å². The second-order valence-electron chi connectivity index (χ2n) is 2.32. The summed E-state index contributed by atoms with van der Waals surface area (Å²) < 4.78 is 11.0. The Bertz CT molecular complexity index is 173. The second-order valence-corrected chi connectivity index (χ2v) is 4.04. The van der Waals surface area contributed by atoms with Gasteiger partial charge >= 0.3 is 0 Å². The van der Waals surface area contributed by atoms with Crippen LogP contribution in [0.4, 0.5) is 0 Å². The molecule has 11 heavy (non-hydrogen) atoms. The Labute approximate surface area is 75.6 Å². The highest BCUT2D eigenvalue weighted by Crippen LogP contribution is 2.06. The fourth-order valence-electron chi connectivity index (χ4n) is 0.742. The van der Waals surface area contributed by atoms with E-state index in [2.05, 4.69) is 29.3 Å². The summed E-state index contributed by atoms with van der Waals surface area (Å²) in [4.78, 5) is 3.83. The summed E-state index contributed by atoms with van der Waals surface area (Å²) >= 11 is 4.45. The maximum Gasteiger partial charge on any atom is 0.135 e. The number of hydrogen-bond donors (Lipinski definition) is 0. The first kappa shape index (κ1) is 11.0. The summed E-state index contributed by atoms with van der Waals surface area (Å²) in [6, 6.07) is 0. The van der Waals surface area contributed by atoms with Crippen LogP contribution in [0.15, 0.2) is 4.99 Å². The number of thiocarbonyl (C=S) groups is 1. The van der Waals surface area contributed by atoms with Gasteiger partial charge in [0.1, 0.15) is 5.37 Å². The molecule has 0 aromatic heterocycles. The fraction of sp³-hybridized carbons (Fsp3) is 0.857. The minimum Gasteiger partial charge on any atom is -0.258 e. The molecule has 0 aliphatic heterocycles. The van der Waals surface area contributed by atoms with E-state index in [1.165, 1.54) is 0 Å². The average molecular weight is 191 g/mol. The summed E-state index contributed by atoms with van der Waals surface area (Å²) in [6.07, 6.45) is 4.64. The number of aliphatic imine (C=N–C) groups is 1. The lowest BCUT2D eigenvalue weighted by Gasteiger charge is -2.05. The third-order valence-corrected chi connectivity index (χ3v) is 2.60. The molecule has 0 aromatic carbocycles. The third-order valence-electron chi connectivity index (χ3n) is 1.38. The quantitative estimate of drug-likeness (QED) is 0.491. The molecule has 0 aromatic rings. The van der Waals surface area contributed by atoms with Crippen LogP contribution in [0.3, 0.4) is 0 Å². The van der Waals surface area contributed by atoms with Gasteiger partial charge in [0.2, 0.25) is 0 Å². The largest absolute Gasteiger partial charge is 0.258 e. The Hall–Kier alpha value is -0.0500.